The van der Waals surface area contributed by atoms with Gasteiger partial charge in [-0.25, -0.2) is 0 Å². The van der Waals surface area contributed by atoms with Crippen LogP contribution < -0.4 is 5.32 Å². The largest absolute Gasteiger partial charge is 0.322 e. The Kier molecular flexibility index (Phi) is 5.03. The minimum absolute atomic E-state index is 0.125. The van der Waals surface area contributed by atoms with Crippen LogP contribution in [0.15, 0.2) is 48.8 Å². The van der Waals surface area contributed by atoms with Gasteiger partial charge >= 0.3 is 0 Å². The third-order valence-electron chi connectivity index (χ3n) is 4.38. The summed E-state index contributed by atoms with van der Waals surface area (Å²) in [6.45, 7) is 2.40. The lowest BCUT2D eigenvalue weighted by atomic mass is 9.91. The van der Waals surface area contributed by atoms with E-state index in [1.165, 1.54) is 31.5 Å². The molecule has 1 amide bonds. The third-order valence-corrected chi connectivity index (χ3v) is 4.38. The fraction of sp³-hybridized carbons (Fsp3) is 0.368. The number of piperidine rings is 1. The van der Waals surface area contributed by atoms with Crippen LogP contribution in [0.5, 0.6) is 0 Å². The van der Waals surface area contributed by atoms with E-state index in [2.05, 4.69) is 34.4 Å². The Morgan fingerprint density at radius 1 is 1.30 bits per heavy atom. The van der Waals surface area contributed by atoms with Gasteiger partial charge in [0.15, 0.2) is 0 Å². The lowest BCUT2D eigenvalue weighted by Crippen LogP contribution is -2.32. The summed E-state index contributed by atoms with van der Waals surface area (Å²) in [4.78, 5) is 18.5. The highest BCUT2D eigenvalue weighted by atomic mass is 16.1. The van der Waals surface area contributed by atoms with E-state index in [4.69, 9.17) is 0 Å². The van der Waals surface area contributed by atoms with Gasteiger partial charge in [0.1, 0.15) is 0 Å². The van der Waals surface area contributed by atoms with Gasteiger partial charge in [0, 0.05) is 24.6 Å². The summed E-state index contributed by atoms with van der Waals surface area (Å²) in [7, 11) is 2.20. The standard InChI is InChI=1S/C19H23N3O/c1-22-11-3-4-16(14-22)12-15-6-8-18(9-7-15)21-19(23)17-5-2-10-20-13-17/h2,5-10,13,16H,3-4,11-12,14H2,1H3,(H,21,23). The molecule has 1 aromatic carbocycles. The van der Waals surface area contributed by atoms with Crippen molar-refractivity contribution in [1.82, 2.24) is 9.88 Å². The lowest BCUT2D eigenvalue weighted by molar-refractivity contribution is 0.102. The van der Waals surface area contributed by atoms with Gasteiger partial charge in [-0.1, -0.05) is 12.1 Å². The summed E-state index contributed by atoms with van der Waals surface area (Å²) in [6, 6.07) is 11.7. The number of carbonyl (C=O) groups excluding carboxylic acids is 1. The van der Waals surface area contributed by atoms with E-state index in [0.29, 0.717) is 5.56 Å². The van der Waals surface area contributed by atoms with Gasteiger partial charge in [-0.2, -0.15) is 0 Å². The molecule has 1 fully saturated rings. The van der Waals surface area contributed by atoms with Gasteiger partial charge in [0.25, 0.3) is 5.91 Å². The second-order valence-electron chi connectivity index (χ2n) is 6.37. The molecule has 1 aliphatic heterocycles. The SMILES string of the molecule is CN1CCCC(Cc2ccc(NC(=O)c3cccnc3)cc2)C1. The van der Waals surface area contributed by atoms with Crippen LogP contribution in [0.3, 0.4) is 0 Å². The zero-order chi connectivity index (χ0) is 16.1. The average molecular weight is 309 g/mol. The van der Waals surface area contributed by atoms with E-state index in [9.17, 15) is 4.79 Å². The Morgan fingerprint density at radius 2 is 2.13 bits per heavy atom. The van der Waals surface area contributed by atoms with Crippen LogP contribution in [0.2, 0.25) is 0 Å². The highest BCUT2D eigenvalue weighted by Crippen LogP contribution is 2.21. The molecular formula is C19H23N3O. The van der Waals surface area contributed by atoms with E-state index >= 15 is 0 Å². The minimum atomic E-state index is -0.125. The second kappa shape index (κ2) is 7.38. The lowest BCUT2D eigenvalue weighted by Gasteiger charge is -2.29. The quantitative estimate of drug-likeness (QED) is 0.943. The van der Waals surface area contributed by atoms with Crippen LogP contribution in [0.25, 0.3) is 0 Å². The topological polar surface area (TPSA) is 45.2 Å². The molecule has 1 atom stereocenters. The maximum atomic E-state index is 12.1. The van der Waals surface area contributed by atoms with Crippen LogP contribution in [-0.4, -0.2) is 35.9 Å². The number of likely N-dealkylation sites (tertiary alicyclic amines) is 1. The van der Waals surface area contributed by atoms with E-state index in [0.717, 1.165) is 18.0 Å². The molecule has 23 heavy (non-hydrogen) atoms. The van der Waals surface area contributed by atoms with Gasteiger partial charge in [-0.15, -0.1) is 0 Å². The number of hydrogen-bond donors (Lipinski definition) is 1. The van der Waals surface area contributed by atoms with Gasteiger partial charge in [0.05, 0.1) is 5.56 Å². The Labute approximate surface area is 137 Å². The Balaban J connectivity index is 1.58. The maximum Gasteiger partial charge on any atom is 0.257 e. The fourth-order valence-electron chi connectivity index (χ4n) is 3.20. The van der Waals surface area contributed by atoms with Crippen molar-refractivity contribution >= 4 is 11.6 Å². The van der Waals surface area contributed by atoms with E-state index in [1.807, 2.05) is 12.1 Å². The Morgan fingerprint density at radius 3 is 2.83 bits per heavy atom. The van der Waals surface area contributed by atoms with Crippen LogP contribution >= 0.6 is 0 Å². The van der Waals surface area contributed by atoms with Crippen molar-refractivity contribution < 1.29 is 4.79 Å². The fourth-order valence-corrected chi connectivity index (χ4v) is 3.20. The zero-order valence-electron chi connectivity index (χ0n) is 13.5. The zero-order valence-corrected chi connectivity index (χ0v) is 13.5. The van der Waals surface area contributed by atoms with Crippen molar-refractivity contribution in [3.8, 4) is 0 Å². The number of pyridine rings is 1. The minimum Gasteiger partial charge on any atom is -0.322 e. The molecule has 4 heteroatoms. The highest BCUT2D eigenvalue weighted by molar-refractivity contribution is 6.03. The molecule has 120 valence electrons. The second-order valence-corrected chi connectivity index (χ2v) is 6.37. The van der Waals surface area contributed by atoms with Gasteiger partial charge < -0.3 is 10.2 Å². The van der Waals surface area contributed by atoms with Gasteiger partial charge in [0.2, 0.25) is 0 Å². The average Bonchev–Trinajstić information content (AvgIpc) is 2.57. The number of nitrogens with one attached hydrogen (secondary N) is 1. The summed E-state index contributed by atoms with van der Waals surface area (Å²) in [5.74, 6) is 0.615. The molecule has 2 aromatic rings. The third kappa shape index (κ3) is 4.39. The molecule has 1 N–H and O–H groups in total. The molecule has 0 radical (unpaired) electrons. The number of rotatable bonds is 4. The Hall–Kier alpha value is -2.20. The number of nitrogens with zero attached hydrogens (tertiary/aromatic N) is 2. The van der Waals surface area contributed by atoms with E-state index in [-0.39, 0.29) is 5.91 Å². The number of carbonyl (C=O) groups is 1. The Bertz CT molecular complexity index is 639. The van der Waals surface area contributed by atoms with E-state index in [1.54, 1.807) is 24.5 Å². The van der Waals surface area contributed by atoms with Crippen molar-refractivity contribution in [3.63, 3.8) is 0 Å². The molecular weight excluding hydrogens is 286 g/mol. The first-order valence-electron chi connectivity index (χ1n) is 8.19. The molecule has 1 unspecified atom stereocenters. The molecule has 1 saturated heterocycles. The summed E-state index contributed by atoms with van der Waals surface area (Å²) < 4.78 is 0. The first-order valence-corrected chi connectivity index (χ1v) is 8.19. The molecule has 0 saturated carbocycles. The van der Waals surface area contributed by atoms with Crippen molar-refractivity contribution in [2.45, 2.75) is 19.3 Å². The molecule has 0 bridgehead atoms. The van der Waals surface area contributed by atoms with Gasteiger partial charge in [-0.3, -0.25) is 9.78 Å². The molecule has 1 aromatic heterocycles. The number of anilines is 1. The van der Waals surface area contributed by atoms with Crippen LogP contribution in [0, 0.1) is 5.92 Å². The molecule has 0 spiro atoms. The summed E-state index contributed by atoms with van der Waals surface area (Å²) in [6.07, 6.45) is 6.95. The number of hydrogen-bond acceptors (Lipinski definition) is 3. The highest BCUT2D eigenvalue weighted by Gasteiger charge is 2.17. The summed E-state index contributed by atoms with van der Waals surface area (Å²) in [5.41, 5.74) is 2.73. The smallest absolute Gasteiger partial charge is 0.257 e. The van der Waals surface area contributed by atoms with Crippen molar-refractivity contribution in [2.24, 2.45) is 5.92 Å². The predicted molar refractivity (Wildman–Crippen MR) is 92.6 cm³/mol. The first-order chi connectivity index (χ1) is 11.2. The first kappa shape index (κ1) is 15.7. The summed E-state index contributed by atoms with van der Waals surface area (Å²) in [5, 5.41) is 2.91. The molecule has 0 aliphatic carbocycles. The molecule has 4 nitrogen and oxygen atoms in total. The van der Waals surface area contributed by atoms with E-state index < -0.39 is 0 Å². The summed E-state index contributed by atoms with van der Waals surface area (Å²) >= 11 is 0. The number of amides is 1. The van der Waals surface area contributed by atoms with Crippen molar-refractivity contribution in [3.05, 3.63) is 59.9 Å². The molecule has 3 rings (SSSR count). The molecule has 2 heterocycles. The van der Waals surface area contributed by atoms with Crippen LogP contribution in [0.4, 0.5) is 5.69 Å². The van der Waals surface area contributed by atoms with Crippen LogP contribution in [0.1, 0.15) is 28.8 Å². The van der Waals surface area contributed by atoms with Crippen LogP contribution in [-0.2, 0) is 6.42 Å². The van der Waals surface area contributed by atoms with Gasteiger partial charge in [-0.05, 0) is 68.6 Å². The number of benzene rings is 1. The maximum absolute atomic E-state index is 12.1. The number of aromatic nitrogens is 1. The predicted octanol–water partition coefficient (Wildman–Crippen LogP) is 3.22. The normalized spacial score (nSPS) is 18.6. The van der Waals surface area contributed by atoms with Crippen molar-refractivity contribution in [2.75, 3.05) is 25.5 Å². The monoisotopic (exact) mass is 309 g/mol. The van der Waals surface area contributed by atoms with Crippen molar-refractivity contribution in [1.29, 1.82) is 0 Å². The molecule has 1 aliphatic rings.